The van der Waals surface area contributed by atoms with E-state index in [1.807, 2.05) is 43.4 Å². The molecule has 0 aliphatic heterocycles. The Morgan fingerprint density at radius 2 is 2.24 bits per heavy atom. The first-order valence-corrected chi connectivity index (χ1v) is 5.97. The van der Waals surface area contributed by atoms with Gasteiger partial charge in [0, 0.05) is 24.8 Å². The van der Waals surface area contributed by atoms with Crippen molar-refractivity contribution in [1.82, 2.24) is 15.0 Å². The maximum absolute atomic E-state index is 5.97. The molecule has 0 saturated heterocycles. The van der Waals surface area contributed by atoms with E-state index in [1.54, 1.807) is 4.68 Å². The second kappa shape index (κ2) is 4.75. The molecule has 5 nitrogen and oxygen atoms in total. The molecule has 0 unspecified atom stereocenters. The van der Waals surface area contributed by atoms with Crippen LogP contribution < -0.4 is 10.6 Å². The van der Waals surface area contributed by atoms with Crippen molar-refractivity contribution in [2.45, 2.75) is 6.54 Å². The highest BCUT2D eigenvalue weighted by Gasteiger charge is 2.08. The van der Waals surface area contributed by atoms with E-state index in [9.17, 15) is 0 Å². The lowest BCUT2D eigenvalue weighted by molar-refractivity contribution is 0.712. The molecule has 2 aromatic rings. The topological polar surface area (TPSA) is 60.0 Å². The van der Waals surface area contributed by atoms with E-state index >= 15 is 0 Å². The molecule has 0 bridgehead atoms. The molecule has 0 amide bonds. The van der Waals surface area contributed by atoms with Gasteiger partial charge in [0.2, 0.25) is 0 Å². The second-order valence-electron chi connectivity index (χ2n) is 3.94. The molecule has 0 fully saturated rings. The number of nitrogens with zero attached hydrogens (tertiary/aromatic N) is 4. The Bertz CT molecular complexity index is 522. The van der Waals surface area contributed by atoms with Crippen LogP contribution in [0.25, 0.3) is 0 Å². The summed E-state index contributed by atoms with van der Waals surface area (Å²) in [4.78, 5) is 2.05. The van der Waals surface area contributed by atoms with E-state index in [4.69, 9.17) is 5.73 Å². The van der Waals surface area contributed by atoms with Crippen LogP contribution in [-0.2, 0) is 13.6 Å². The molecule has 0 aliphatic carbocycles. The highest BCUT2D eigenvalue weighted by molar-refractivity contribution is 9.10. The van der Waals surface area contributed by atoms with Crippen LogP contribution in [0.5, 0.6) is 0 Å². The molecule has 2 rings (SSSR count). The fourth-order valence-electron chi connectivity index (χ4n) is 1.67. The molecule has 17 heavy (non-hydrogen) atoms. The highest BCUT2D eigenvalue weighted by Crippen LogP contribution is 2.26. The normalized spacial score (nSPS) is 10.5. The summed E-state index contributed by atoms with van der Waals surface area (Å²) in [7, 11) is 3.83. The minimum atomic E-state index is 0.680. The van der Waals surface area contributed by atoms with Crippen LogP contribution in [0.15, 0.2) is 28.9 Å². The third-order valence-electron chi connectivity index (χ3n) is 2.45. The number of aromatic nitrogens is 3. The summed E-state index contributed by atoms with van der Waals surface area (Å²) < 4.78 is 2.67. The van der Waals surface area contributed by atoms with E-state index in [1.165, 1.54) is 0 Å². The van der Waals surface area contributed by atoms with Gasteiger partial charge in [-0.1, -0.05) is 21.1 Å². The first-order valence-electron chi connectivity index (χ1n) is 5.17. The lowest BCUT2D eigenvalue weighted by atomic mass is 10.2. The van der Waals surface area contributed by atoms with Crippen molar-refractivity contribution in [2.24, 2.45) is 7.05 Å². The SMILES string of the molecule is CN(Cc1cn(C)nn1)c1ccc(Br)cc1N. The van der Waals surface area contributed by atoms with Crippen molar-refractivity contribution in [3.8, 4) is 0 Å². The molecule has 0 saturated carbocycles. The van der Waals surface area contributed by atoms with Gasteiger partial charge < -0.3 is 10.6 Å². The molecule has 0 aliphatic rings. The summed E-state index contributed by atoms with van der Waals surface area (Å²) in [5.41, 5.74) is 8.61. The summed E-state index contributed by atoms with van der Waals surface area (Å²) in [6.45, 7) is 0.680. The zero-order valence-corrected chi connectivity index (χ0v) is 11.3. The molecular formula is C11H14BrN5. The van der Waals surface area contributed by atoms with Crippen LogP contribution in [0.4, 0.5) is 11.4 Å². The molecule has 2 N–H and O–H groups in total. The number of hydrogen-bond acceptors (Lipinski definition) is 4. The highest BCUT2D eigenvalue weighted by atomic mass is 79.9. The fourth-order valence-corrected chi connectivity index (χ4v) is 2.05. The van der Waals surface area contributed by atoms with Gasteiger partial charge in [-0.2, -0.15) is 0 Å². The molecule has 0 spiro atoms. The van der Waals surface area contributed by atoms with Gasteiger partial charge in [-0.15, -0.1) is 5.10 Å². The van der Waals surface area contributed by atoms with Crippen LogP contribution in [-0.4, -0.2) is 22.0 Å². The number of hydrogen-bond donors (Lipinski definition) is 1. The van der Waals surface area contributed by atoms with Crippen molar-refractivity contribution in [2.75, 3.05) is 17.7 Å². The van der Waals surface area contributed by atoms with Crippen LogP contribution in [0, 0.1) is 0 Å². The Kier molecular flexibility index (Phi) is 3.33. The molecule has 1 aromatic carbocycles. The number of nitrogen functional groups attached to an aromatic ring is 1. The Morgan fingerprint density at radius 1 is 1.47 bits per heavy atom. The predicted octanol–water partition coefficient (Wildman–Crippen LogP) is 1.80. The third kappa shape index (κ3) is 2.76. The fraction of sp³-hybridized carbons (Fsp3) is 0.273. The number of halogens is 1. The van der Waals surface area contributed by atoms with Gasteiger partial charge in [0.05, 0.1) is 17.9 Å². The summed E-state index contributed by atoms with van der Waals surface area (Å²) >= 11 is 3.39. The van der Waals surface area contributed by atoms with Gasteiger partial charge in [0.1, 0.15) is 5.69 Å². The monoisotopic (exact) mass is 295 g/mol. The van der Waals surface area contributed by atoms with Crippen molar-refractivity contribution in [3.63, 3.8) is 0 Å². The maximum Gasteiger partial charge on any atom is 0.102 e. The minimum Gasteiger partial charge on any atom is -0.397 e. The number of nitrogens with two attached hydrogens (primary N) is 1. The van der Waals surface area contributed by atoms with Crippen LogP contribution >= 0.6 is 15.9 Å². The van der Waals surface area contributed by atoms with E-state index in [-0.39, 0.29) is 0 Å². The molecule has 1 aromatic heterocycles. The Hall–Kier alpha value is -1.56. The molecule has 1 heterocycles. The first-order chi connectivity index (χ1) is 8.06. The van der Waals surface area contributed by atoms with Crippen molar-refractivity contribution in [1.29, 1.82) is 0 Å². The molecule has 0 radical (unpaired) electrons. The van der Waals surface area contributed by atoms with Gasteiger partial charge in [-0.05, 0) is 18.2 Å². The number of benzene rings is 1. The Morgan fingerprint density at radius 3 is 2.82 bits per heavy atom. The second-order valence-corrected chi connectivity index (χ2v) is 4.86. The van der Waals surface area contributed by atoms with E-state index < -0.39 is 0 Å². The molecule has 0 atom stereocenters. The Labute approximate surface area is 108 Å². The smallest absolute Gasteiger partial charge is 0.102 e. The van der Waals surface area contributed by atoms with Crippen molar-refractivity contribution in [3.05, 3.63) is 34.6 Å². The Balaban J connectivity index is 2.17. The number of rotatable bonds is 3. The average Bonchev–Trinajstić information content (AvgIpc) is 2.63. The van der Waals surface area contributed by atoms with E-state index in [2.05, 4.69) is 26.2 Å². The number of aryl methyl sites for hydroxylation is 1. The average molecular weight is 296 g/mol. The standard InChI is InChI=1S/C11H14BrN5/c1-16(6-9-7-17(2)15-14-9)11-4-3-8(12)5-10(11)13/h3-5,7H,6,13H2,1-2H3. The van der Waals surface area contributed by atoms with Gasteiger partial charge in [0.25, 0.3) is 0 Å². The summed E-state index contributed by atoms with van der Waals surface area (Å²) in [5, 5.41) is 7.95. The van der Waals surface area contributed by atoms with Crippen LogP contribution in [0.2, 0.25) is 0 Å². The van der Waals surface area contributed by atoms with Gasteiger partial charge in [-0.25, -0.2) is 0 Å². The lowest BCUT2D eigenvalue weighted by Gasteiger charge is -2.19. The molecular weight excluding hydrogens is 282 g/mol. The zero-order valence-electron chi connectivity index (χ0n) is 9.76. The summed E-state index contributed by atoms with van der Waals surface area (Å²) in [6.07, 6.45) is 1.89. The molecule has 90 valence electrons. The van der Waals surface area contributed by atoms with E-state index in [0.717, 1.165) is 21.5 Å². The van der Waals surface area contributed by atoms with Crippen molar-refractivity contribution < 1.29 is 0 Å². The zero-order chi connectivity index (χ0) is 12.4. The summed E-state index contributed by atoms with van der Waals surface area (Å²) in [5.74, 6) is 0. The van der Waals surface area contributed by atoms with E-state index in [0.29, 0.717) is 6.54 Å². The largest absolute Gasteiger partial charge is 0.397 e. The van der Waals surface area contributed by atoms with Gasteiger partial charge in [0.15, 0.2) is 0 Å². The van der Waals surface area contributed by atoms with Crippen LogP contribution in [0.3, 0.4) is 0 Å². The van der Waals surface area contributed by atoms with Crippen LogP contribution in [0.1, 0.15) is 5.69 Å². The maximum atomic E-state index is 5.97. The van der Waals surface area contributed by atoms with Crippen molar-refractivity contribution >= 4 is 27.3 Å². The quantitative estimate of drug-likeness (QED) is 0.877. The molecule has 6 heteroatoms. The van der Waals surface area contributed by atoms with Gasteiger partial charge >= 0.3 is 0 Å². The predicted molar refractivity (Wildman–Crippen MR) is 71.7 cm³/mol. The third-order valence-corrected chi connectivity index (χ3v) is 2.94. The first kappa shape index (κ1) is 11.9. The lowest BCUT2D eigenvalue weighted by Crippen LogP contribution is -2.18. The summed E-state index contributed by atoms with van der Waals surface area (Å²) in [6, 6.07) is 5.84. The number of anilines is 2. The van der Waals surface area contributed by atoms with Gasteiger partial charge in [-0.3, -0.25) is 4.68 Å². The minimum absolute atomic E-state index is 0.680.